The summed E-state index contributed by atoms with van der Waals surface area (Å²) < 4.78 is 0. The van der Waals surface area contributed by atoms with E-state index in [1.165, 1.54) is 4.90 Å². The van der Waals surface area contributed by atoms with E-state index in [2.05, 4.69) is 4.98 Å². The van der Waals surface area contributed by atoms with Crippen LogP contribution in [0.5, 0.6) is 0 Å². The van der Waals surface area contributed by atoms with Gasteiger partial charge in [0.25, 0.3) is 5.91 Å². The van der Waals surface area contributed by atoms with E-state index >= 15 is 0 Å². The van der Waals surface area contributed by atoms with Gasteiger partial charge in [0.05, 0.1) is 6.04 Å². The highest BCUT2D eigenvalue weighted by Gasteiger charge is 2.38. The fourth-order valence-corrected chi connectivity index (χ4v) is 3.04. The van der Waals surface area contributed by atoms with Crippen molar-refractivity contribution in [1.29, 1.82) is 0 Å². The molecule has 7 heteroatoms. The molecule has 3 rings (SSSR count). The first-order valence-corrected chi connectivity index (χ1v) is 7.33. The molecule has 0 N–H and O–H groups in total. The lowest BCUT2D eigenvalue weighted by atomic mass is 10.1. The number of likely N-dealkylation sites (tertiary alicyclic amines) is 1. The summed E-state index contributed by atoms with van der Waals surface area (Å²) in [6.45, 7) is 0.501. The second kappa shape index (κ2) is 5.75. The Morgan fingerprint density at radius 2 is 2.23 bits per heavy atom. The fraction of sp³-hybridized carbons (Fsp3) is 0.467. The summed E-state index contributed by atoms with van der Waals surface area (Å²) in [5.41, 5.74) is 0.990. The third-order valence-electron chi connectivity index (χ3n) is 4.17. The minimum atomic E-state index is -0.407. The van der Waals surface area contributed by atoms with Gasteiger partial charge in [-0.1, -0.05) is 6.07 Å². The van der Waals surface area contributed by atoms with Gasteiger partial charge in [-0.2, -0.15) is 0 Å². The maximum Gasteiger partial charge on any atom is 0.327 e. The molecule has 3 heterocycles. The van der Waals surface area contributed by atoms with Crippen LogP contribution < -0.4 is 0 Å². The average Bonchev–Trinajstić information content (AvgIpc) is 3.09. The van der Waals surface area contributed by atoms with Crippen LogP contribution in [0.4, 0.5) is 4.79 Å². The third-order valence-corrected chi connectivity index (χ3v) is 4.17. The molecule has 2 aliphatic heterocycles. The van der Waals surface area contributed by atoms with Gasteiger partial charge in [0.2, 0.25) is 5.91 Å². The van der Waals surface area contributed by atoms with Crippen molar-refractivity contribution in [2.75, 3.05) is 26.7 Å². The summed E-state index contributed by atoms with van der Waals surface area (Å²) in [6.07, 6.45) is 5.24. The number of amides is 4. The van der Waals surface area contributed by atoms with Gasteiger partial charge in [-0.15, -0.1) is 0 Å². The van der Waals surface area contributed by atoms with Gasteiger partial charge >= 0.3 is 6.03 Å². The van der Waals surface area contributed by atoms with E-state index in [9.17, 15) is 14.4 Å². The zero-order chi connectivity index (χ0) is 15.7. The molecule has 0 aliphatic carbocycles. The van der Waals surface area contributed by atoms with Crippen molar-refractivity contribution >= 4 is 17.8 Å². The highest BCUT2D eigenvalue weighted by atomic mass is 16.2. The number of pyridine rings is 1. The molecule has 4 amide bonds. The summed E-state index contributed by atoms with van der Waals surface area (Å²) in [6, 6.07) is 3.37. The molecule has 0 radical (unpaired) electrons. The lowest BCUT2D eigenvalue weighted by Crippen LogP contribution is -2.43. The Bertz CT molecular complexity index is 604. The number of aromatic nitrogens is 1. The predicted octanol–water partition coefficient (Wildman–Crippen LogP) is 0.639. The van der Waals surface area contributed by atoms with Gasteiger partial charge in [0, 0.05) is 26.0 Å². The summed E-state index contributed by atoms with van der Waals surface area (Å²) >= 11 is 0. The van der Waals surface area contributed by atoms with Crippen LogP contribution in [-0.2, 0) is 9.59 Å². The minimum Gasteiger partial charge on any atom is -0.334 e. The molecule has 7 nitrogen and oxygen atoms in total. The lowest BCUT2D eigenvalue weighted by Gasteiger charge is -2.26. The maximum atomic E-state index is 12.5. The van der Waals surface area contributed by atoms with E-state index in [0.29, 0.717) is 6.54 Å². The second-order valence-corrected chi connectivity index (χ2v) is 5.65. The van der Waals surface area contributed by atoms with E-state index in [4.69, 9.17) is 0 Å². The molecule has 2 fully saturated rings. The number of nitrogens with zero attached hydrogens (tertiary/aromatic N) is 4. The quantitative estimate of drug-likeness (QED) is 0.768. The molecule has 0 aromatic carbocycles. The first-order chi connectivity index (χ1) is 10.6. The Labute approximate surface area is 128 Å². The molecule has 22 heavy (non-hydrogen) atoms. The number of carbonyl (C=O) groups is 3. The van der Waals surface area contributed by atoms with Gasteiger partial charge in [0.1, 0.15) is 13.1 Å². The Hall–Kier alpha value is -2.44. The van der Waals surface area contributed by atoms with Gasteiger partial charge in [0.15, 0.2) is 0 Å². The summed E-state index contributed by atoms with van der Waals surface area (Å²) in [5.74, 6) is -0.513. The molecule has 0 bridgehead atoms. The maximum absolute atomic E-state index is 12.5. The molecule has 1 aromatic heterocycles. The van der Waals surface area contributed by atoms with Crippen LogP contribution in [0.3, 0.4) is 0 Å². The fourth-order valence-electron chi connectivity index (χ4n) is 3.04. The standard InChI is InChI=1S/C15H18N4O3/c1-17-9-13(20)19(15(17)22)10-14(21)18-7-3-5-12(18)11-4-2-6-16-8-11/h2,4,6,8,12H,3,5,7,9-10H2,1H3. The monoisotopic (exact) mass is 302 g/mol. The average molecular weight is 302 g/mol. The molecule has 1 aromatic rings. The highest BCUT2D eigenvalue weighted by molar-refractivity contribution is 6.04. The van der Waals surface area contributed by atoms with Crippen LogP contribution in [0.25, 0.3) is 0 Å². The summed E-state index contributed by atoms with van der Waals surface area (Å²) in [7, 11) is 1.55. The zero-order valence-corrected chi connectivity index (χ0v) is 12.4. The van der Waals surface area contributed by atoms with E-state index < -0.39 is 6.03 Å². The van der Waals surface area contributed by atoms with Gasteiger partial charge in [-0.25, -0.2) is 4.79 Å². The van der Waals surface area contributed by atoms with Crippen LogP contribution in [0.2, 0.25) is 0 Å². The van der Waals surface area contributed by atoms with Crippen molar-refractivity contribution in [2.24, 2.45) is 0 Å². The number of likely N-dealkylation sites (N-methyl/N-ethyl adjacent to an activating group) is 1. The van der Waals surface area contributed by atoms with Crippen LogP contribution in [-0.4, -0.2) is 64.2 Å². The van der Waals surface area contributed by atoms with Gasteiger partial charge < -0.3 is 9.80 Å². The van der Waals surface area contributed by atoms with Crippen LogP contribution in [0.15, 0.2) is 24.5 Å². The normalized spacial score (nSPS) is 21.9. The second-order valence-electron chi connectivity index (χ2n) is 5.65. The number of rotatable bonds is 3. The smallest absolute Gasteiger partial charge is 0.327 e. The molecule has 0 spiro atoms. The number of hydrogen-bond donors (Lipinski definition) is 0. The van der Waals surface area contributed by atoms with Crippen molar-refractivity contribution < 1.29 is 14.4 Å². The largest absolute Gasteiger partial charge is 0.334 e. The molecule has 2 aliphatic rings. The Morgan fingerprint density at radius 1 is 1.41 bits per heavy atom. The van der Waals surface area contributed by atoms with Crippen LogP contribution >= 0.6 is 0 Å². The van der Waals surface area contributed by atoms with Crippen molar-refractivity contribution in [1.82, 2.24) is 19.7 Å². The molecule has 0 saturated carbocycles. The first-order valence-electron chi connectivity index (χ1n) is 7.33. The molecule has 1 unspecified atom stereocenters. The minimum absolute atomic E-state index is 0.0215. The first kappa shape index (κ1) is 14.5. The summed E-state index contributed by atoms with van der Waals surface area (Å²) in [4.78, 5) is 44.4. The lowest BCUT2D eigenvalue weighted by molar-refractivity contribution is -0.137. The Kier molecular flexibility index (Phi) is 3.79. The molecule has 2 saturated heterocycles. The van der Waals surface area contributed by atoms with Crippen molar-refractivity contribution in [2.45, 2.75) is 18.9 Å². The molecule has 1 atom stereocenters. The Morgan fingerprint density at radius 3 is 2.86 bits per heavy atom. The topological polar surface area (TPSA) is 73.8 Å². The number of carbonyl (C=O) groups excluding carboxylic acids is 3. The van der Waals surface area contributed by atoms with E-state index in [1.807, 2.05) is 12.1 Å². The number of hydrogen-bond acceptors (Lipinski definition) is 4. The van der Waals surface area contributed by atoms with Gasteiger partial charge in [-0.3, -0.25) is 19.5 Å². The van der Waals surface area contributed by atoms with E-state index in [-0.39, 0.29) is 30.9 Å². The highest BCUT2D eigenvalue weighted by Crippen LogP contribution is 2.31. The molecular weight excluding hydrogens is 284 g/mol. The van der Waals surface area contributed by atoms with Crippen LogP contribution in [0.1, 0.15) is 24.4 Å². The SMILES string of the molecule is CN1CC(=O)N(CC(=O)N2CCCC2c2cccnc2)C1=O. The number of imide groups is 1. The van der Waals surface area contributed by atoms with Crippen molar-refractivity contribution in [3.8, 4) is 0 Å². The molecule has 116 valence electrons. The third kappa shape index (κ3) is 2.54. The zero-order valence-electron chi connectivity index (χ0n) is 12.4. The predicted molar refractivity (Wildman–Crippen MR) is 77.7 cm³/mol. The van der Waals surface area contributed by atoms with E-state index in [0.717, 1.165) is 23.3 Å². The molecular formula is C15H18N4O3. The van der Waals surface area contributed by atoms with Crippen molar-refractivity contribution in [3.63, 3.8) is 0 Å². The Balaban J connectivity index is 1.72. The summed E-state index contributed by atoms with van der Waals surface area (Å²) in [5, 5.41) is 0. The van der Waals surface area contributed by atoms with Crippen LogP contribution in [0, 0.1) is 0 Å². The van der Waals surface area contributed by atoms with Gasteiger partial charge in [-0.05, 0) is 24.5 Å². The number of urea groups is 1. The van der Waals surface area contributed by atoms with Crippen molar-refractivity contribution in [3.05, 3.63) is 30.1 Å². The van der Waals surface area contributed by atoms with E-state index in [1.54, 1.807) is 24.3 Å².